The zero-order chi connectivity index (χ0) is 17.1. The number of amides is 1. The van der Waals surface area contributed by atoms with Gasteiger partial charge in [0.15, 0.2) is 5.78 Å². The van der Waals surface area contributed by atoms with E-state index < -0.39 is 6.04 Å². The van der Waals surface area contributed by atoms with Crippen LogP contribution in [0, 0.1) is 5.92 Å². The number of hydrogen-bond acceptors (Lipinski definition) is 6. The van der Waals surface area contributed by atoms with Gasteiger partial charge in [0.2, 0.25) is 5.91 Å². The monoisotopic (exact) mass is 335 g/mol. The lowest BCUT2D eigenvalue weighted by Crippen LogP contribution is -2.48. The molecule has 7 nitrogen and oxygen atoms in total. The van der Waals surface area contributed by atoms with Gasteiger partial charge in [-0.2, -0.15) is 0 Å². The van der Waals surface area contributed by atoms with Crippen LogP contribution in [0.5, 0.6) is 0 Å². The molecule has 0 bridgehead atoms. The Hall–Kier alpha value is -1.73. The molecular weight excluding hydrogens is 310 g/mol. The third-order valence-electron chi connectivity index (χ3n) is 5.01. The predicted molar refractivity (Wildman–Crippen MR) is 86.4 cm³/mol. The van der Waals surface area contributed by atoms with Crippen molar-refractivity contribution >= 4 is 11.7 Å². The maximum absolute atomic E-state index is 12.2. The summed E-state index contributed by atoms with van der Waals surface area (Å²) >= 11 is 0. The van der Waals surface area contributed by atoms with E-state index in [0.717, 1.165) is 37.9 Å². The van der Waals surface area contributed by atoms with Gasteiger partial charge in [0.1, 0.15) is 17.5 Å². The molecule has 7 heteroatoms. The standard InChI is InChI=1S/C17H25N3O4/c18-13(10-21)17(23)20-7-5-11(6-8-20)1-4-15(22)14-9-16(24-19-14)12-2-3-12/h9,11-13,21H,1-8,10,18H2/t13-/m1/s1. The molecule has 0 spiro atoms. The summed E-state index contributed by atoms with van der Waals surface area (Å²) in [5.74, 6) is 1.57. The second kappa shape index (κ2) is 7.44. The number of aromatic nitrogens is 1. The Balaban J connectivity index is 1.41. The Bertz CT molecular complexity index is 588. The fraction of sp³-hybridized carbons (Fsp3) is 0.706. The molecule has 132 valence electrons. The summed E-state index contributed by atoms with van der Waals surface area (Å²) in [5, 5.41) is 12.8. The van der Waals surface area contributed by atoms with Crippen molar-refractivity contribution in [2.24, 2.45) is 11.7 Å². The Morgan fingerprint density at radius 2 is 2.04 bits per heavy atom. The smallest absolute Gasteiger partial charge is 0.241 e. The number of nitrogens with zero attached hydrogens (tertiary/aromatic N) is 2. The molecule has 24 heavy (non-hydrogen) atoms. The highest BCUT2D eigenvalue weighted by Gasteiger charge is 2.29. The first-order chi connectivity index (χ1) is 11.6. The molecule has 0 aromatic carbocycles. The highest BCUT2D eigenvalue weighted by molar-refractivity contribution is 5.94. The summed E-state index contributed by atoms with van der Waals surface area (Å²) in [4.78, 5) is 25.8. The maximum atomic E-state index is 12.2. The van der Waals surface area contributed by atoms with Crippen molar-refractivity contribution in [3.8, 4) is 0 Å². The van der Waals surface area contributed by atoms with Gasteiger partial charge in [-0.3, -0.25) is 9.59 Å². The molecule has 2 heterocycles. The van der Waals surface area contributed by atoms with E-state index in [9.17, 15) is 9.59 Å². The second-order valence-corrected chi connectivity index (χ2v) is 6.91. The van der Waals surface area contributed by atoms with Crippen molar-refractivity contribution in [1.29, 1.82) is 0 Å². The summed E-state index contributed by atoms with van der Waals surface area (Å²) in [6.45, 7) is 0.955. The SMILES string of the molecule is N[C@H](CO)C(=O)N1CCC(CCC(=O)c2cc(C3CC3)on2)CC1. The van der Waals surface area contributed by atoms with Gasteiger partial charge in [-0.05, 0) is 38.0 Å². The number of hydrogen-bond donors (Lipinski definition) is 2. The van der Waals surface area contributed by atoms with E-state index in [1.54, 1.807) is 11.0 Å². The number of aliphatic hydroxyl groups excluding tert-OH is 1. The Labute approximate surface area is 141 Å². The number of piperidine rings is 1. The van der Waals surface area contributed by atoms with E-state index in [1.165, 1.54) is 0 Å². The third-order valence-corrected chi connectivity index (χ3v) is 5.01. The largest absolute Gasteiger partial charge is 0.394 e. The summed E-state index contributed by atoms with van der Waals surface area (Å²) in [6.07, 6.45) is 5.25. The van der Waals surface area contributed by atoms with Crippen molar-refractivity contribution in [2.45, 2.75) is 50.5 Å². The van der Waals surface area contributed by atoms with Gasteiger partial charge in [-0.1, -0.05) is 5.16 Å². The molecule has 1 saturated heterocycles. The molecular formula is C17H25N3O4. The lowest BCUT2D eigenvalue weighted by atomic mass is 9.90. The molecule has 1 atom stereocenters. The first-order valence-electron chi connectivity index (χ1n) is 8.73. The van der Waals surface area contributed by atoms with Crippen LogP contribution in [0.15, 0.2) is 10.6 Å². The van der Waals surface area contributed by atoms with Crippen LogP contribution in [0.2, 0.25) is 0 Å². The van der Waals surface area contributed by atoms with Crippen LogP contribution in [0.4, 0.5) is 0 Å². The summed E-state index contributed by atoms with van der Waals surface area (Å²) in [5.41, 5.74) is 6.01. The number of ketones is 1. The molecule has 0 radical (unpaired) electrons. The number of rotatable bonds is 7. The van der Waals surface area contributed by atoms with E-state index in [1.807, 2.05) is 0 Å². The van der Waals surface area contributed by atoms with Crippen molar-refractivity contribution in [3.05, 3.63) is 17.5 Å². The molecule has 1 aliphatic carbocycles. The Kier molecular flexibility index (Phi) is 5.30. The van der Waals surface area contributed by atoms with Gasteiger partial charge in [0, 0.05) is 31.5 Å². The van der Waals surface area contributed by atoms with E-state index in [-0.39, 0.29) is 18.3 Å². The fourth-order valence-corrected chi connectivity index (χ4v) is 3.20. The van der Waals surface area contributed by atoms with Crippen LogP contribution in [0.3, 0.4) is 0 Å². The Morgan fingerprint density at radius 1 is 1.33 bits per heavy atom. The van der Waals surface area contributed by atoms with Gasteiger partial charge in [-0.25, -0.2) is 0 Å². The van der Waals surface area contributed by atoms with Crippen LogP contribution in [-0.4, -0.2) is 52.6 Å². The minimum Gasteiger partial charge on any atom is -0.394 e. The zero-order valence-electron chi connectivity index (χ0n) is 13.8. The van der Waals surface area contributed by atoms with E-state index in [2.05, 4.69) is 5.16 Å². The number of aliphatic hydroxyl groups is 1. The molecule has 2 aliphatic rings. The number of likely N-dealkylation sites (tertiary alicyclic amines) is 1. The maximum Gasteiger partial charge on any atom is 0.241 e. The van der Waals surface area contributed by atoms with E-state index in [4.69, 9.17) is 15.4 Å². The number of Topliss-reactive ketones (excluding diaryl/α,β-unsaturated/α-hetero) is 1. The topological polar surface area (TPSA) is 110 Å². The van der Waals surface area contributed by atoms with E-state index in [0.29, 0.717) is 37.0 Å². The van der Waals surface area contributed by atoms with Gasteiger partial charge in [0.05, 0.1) is 6.61 Å². The fourth-order valence-electron chi connectivity index (χ4n) is 3.20. The molecule has 1 saturated carbocycles. The summed E-state index contributed by atoms with van der Waals surface area (Å²) < 4.78 is 5.23. The van der Waals surface area contributed by atoms with Crippen LogP contribution in [0.25, 0.3) is 0 Å². The molecule has 1 amide bonds. The molecule has 2 fully saturated rings. The average molecular weight is 335 g/mol. The van der Waals surface area contributed by atoms with Crippen LogP contribution >= 0.6 is 0 Å². The first kappa shape index (κ1) is 17.1. The van der Waals surface area contributed by atoms with Crippen molar-refractivity contribution in [2.75, 3.05) is 19.7 Å². The van der Waals surface area contributed by atoms with Gasteiger partial charge in [-0.15, -0.1) is 0 Å². The molecule has 1 aromatic rings. The van der Waals surface area contributed by atoms with Crippen LogP contribution < -0.4 is 5.73 Å². The van der Waals surface area contributed by atoms with Crippen LogP contribution in [0.1, 0.15) is 60.7 Å². The average Bonchev–Trinajstić information content (AvgIpc) is 3.35. The lowest BCUT2D eigenvalue weighted by Gasteiger charge is -2.33. The van der Waals surface area contributed by atoms with Gasteiger partial charge in [0.25, 0.3) is 0 Å². The molecule has 0 unspecified atom stereocenters. The van der Waals surface area contributed by atoms with E-state index >= 15 is 0 Å². The Morgan fingerprint density at radius 3 is 2.67 bits per heavy atom. The lowest BCUT2D eigenvalue weighted by molar-refractivity contribution is -0.134. The molecule has 3 rings (SSSR count). The van der Waals surface area contributed by atoms with Crippen molar-refractivity contribution in [3.63, 3.8) is 0 Å². The number of carbonyl (C=O) groups excluding carboxylic acids is 2. The molecule has 3 N–H and O–H groups in total. The minimum absolute atomic E-state index is 0.0338. The summed E-state index contributed by atoms with van der Waals surface area (Å²) in [7, 11) is 0. The van der Waals surface area contributed by atoms with Crippen LogP contribution in [-0.2, 0) is 4.79 Å². The first-order valence-corrected chi connectivity index (χ1v) is 8.73. The number of nitrogens with two attached hydrogens (primary N) is 1. The molecule has 1 aliphatic heterocycles. The highest BCUT2D eigenvalue weighted by atomic mass is 16.5. The third kappa shape index (κ3) is 4.02. The van der Waals surface area contributed by atoms with Gasteiger partial charge < -0.3 is 20.3 Å². The quantitative estimate of drug-likeness (QED) is 0.721. The van der Waals surface area contributed by atoms with Crippen molar-refractivity contribution in [1.82, 2.24) is 10.1 Å². The molecule has 1 aromatic heterocycles. The van der Waals surface area contributed by atoms with Crippen molar-refractivity contribution < 1.29 is 19.2 Å². The normalized spacial score (nSPS) is 20.2. The predicted octanol–water partition coefficient (Wildman–Crippen LogP) is 1.07. The zero-order valence-corrected chi connectivity index (χ0v) is 13.8. The summed E-state index contributed by atoms with van der Waals surface area (Å²) in [6, 6.07) is 0.966. The van der Waals surface area contributed by atoms with Gasteiger partial charge >= 0.3 is 0 Å². The number of carbonyl (C=O) groups is 2. The highest BCUT2D eigenvalue weighted by Crippen LogP contribution is 2.40. The minimum atomic E-state index is -0.823. The second-order valence-electron chi connectivity index (χ2n) is 6.91.